The molecule has 3 aromatic rings. The fourth-order valence-corrected chi connectivity index (χ4v) is 4.54. The van der Waals surface area contributed by atoms with Gasteiger partial charge in [0.1, 0.15) is 11.6 Å². The summed E-state index contributed by atoms with van der Waals surface area (Å²) in [5.74, 6) is -0.233. The van der Waals surface area contributed by atoms with Crippen LogP contribution in [0.1, 0.15) is 17.0 Å². The zero-order chi connectivity index (χ0) is 24.2. The number of aromatic nitrogens is 2. The van der Waals surface area contributed by atoms with Crippen LogP contribution < -0.4 is 16.2 Å². The number of carbonyl (C=O) groups is 1. The van der Waals surface area contributed by atoms with Crippen LogP contribution in [0.2, 0.25) is 5.02 Å². The van der Waals surface area contributed by atoms with E-state index in [1.165, 1.54) is 12.1 Å². The lowest BCUT2D eigenvalue weighted by atomic mass is 9.94. The molecule has 0 aliphatic carbocycles. The summed E-state index contributed by atoms with van der Waals surface area (Å²) in [4.78, 5) is 27.5. The molecule has 2 amide bonds. The SMILES string of the molecule is COCCN1C[C@H](NC(=O)Nc2c(C)c(=O)[nH]n2-c2ccccc2)[C@@H](c2cc(F)cc(Cl)c2)C1. The number of benzene rings is 2. The summed E-state index contributed by atoms with van der Waals surface area (Å²) in [5, 5.41) is 8.88. The quantitative estimate of drug-likeness (QED) is 0.475. The molecule has 1 aliphatic rings. The summed E-state index contributed by atoms with van der Waals surface area (Å²) >= 11 is 6.10. The fourth-order valence-electron chi connectivity index (χ4n) is 4.31. The minimum absolute atomic E-state index is 0.167. The topological polar surface area (TPSA) is 91.4 Å². The minimum atomic E-state index is -0.460. The number of likely N-dealkylation sites (tertiary alicyclic amines) is 1. The van der Waals surface area contributed by atoms with Crippen molar-refractivity contribution in [1.29, 1.82) is 0 Å². The normalized spacial score (nSPS) is 18.2. The van der Waals surface area contributed by atoms with Crippen molar-refractivity contribution in [2.45, 2.75) is 18.9 Å². The predicted molar refractivity (Wildman–Crippen MR) is 130 cm³/mol. The van der Waals surface area contributed by atoms with Crippen LogP contribution in [0.25, 0.3) is 5.69 Å². The molecule has 10 heteroatoms. The highest BCUT2D eigenvalue weighted by Crippen LogP contribution is 2.30. The maximum Gasteiger partial charge on any atom is 0.320 e. The van der Waals surface area contributed by atoms with Gasteiger partial charge in [0.15, 0.2) is 0 Å². The molecule has 1 aromatic heterocycles. The summed E-state index contributed by atoms with van der Waals surface area (Å²) in [5.41, 5.74) is 1.52. The first-order valence-corrected chi connectivity index (χ1v) is 11.4. The summed E-state index contributed by atoms with van der Waals surface area (Å²) in [7, 11) is 1.63. The van der Waals surface area contributed by atoms with E-state index in [2.05, 4.69) is 20.6 Å². The molecule has 2 atom stereocenters. The number of methoxy groups -OCH3 is 1. The van der Waals surface area contributed by atoms with Gasteiger partial charge in [-0.1, -0.05) is 29.8 Å². The van der Waals surface area contributed by atoms with E-state index in [9.17, 15) is 14.0 Å². The number of anilines is 1. The van der Waals surface area contributed by atoms with Crippen molar-refractivity contribution in [3.05, 3.63) is 80.9 Å². The van der Waals surface area contributed by atoms with Crippen LogP contribution in [0, 0.1) is 12.7 Å². The number of halogens is 2. The smallest absolute Gasteiger partial charge is 0.320 e. The Kier molecular flexibility index (Phi) is 7.35. The lowest BCUT2D eigenvalue weighted by Crippen LogP contribution is -2.42. The Bertz CT molecular complexity index is 1190. The van der Waals surface area contributed by atoms with E-state index in [-0.39, 0.29) is 17.5 Å². The molecule has 180 valence electrons. The van der Waals surface area contributed by atoms with E-state index in [0.29, 0.717) is 53.9 Å². The van der Waals surface area contributed by atoms with Crippen molar-refractivity contribution < 1.29 is 13.9 Å². The average Bonchev–Trinajstić information content (AvgIpc) is 3.33. The summed E-state index contributed by atoms with van der Waals surface area (Å²) < 4.78 is 20.8. The molecule has 4 rings (SSSR count). The van der Waals surface area contributed by atoms with Crippen molar-refractivity contribution >= 4 is 23.4 Å². The van der Waals surface area contributed by atoms with Gasteiger partial charge < -0.3 is 10.1 Å². The third-order valence-corrected chi connectivity index (χ3v) is 6.23. The standard InChI is InChI=1S/C24H27ClFN5O3/c1-15-22(31(29-23(15)32)19-6-4-3-5-7-19)28-24(33)27-21-14-30(8-9-34-2)13-20(21)16-10-17(25)12-18(26)11-16/h3-7,10-12,20-21H,8-9,13-14H2,1-2H3,(H,29,32)(H2,27,28,33)/t20-,21+/m1/s1. The summed E-state index contributed by atoms with van der Waals surface area (Å²) in [6.45, 7) is 4.05. The second kappa shape index (κ2) is 10.4. The Morgan fingerprint density at radius 3 is 2.71 bits per heavy atom. The van der Waals surface area contributed by atoms with Crippen LogP contribution in [-0.2, 0) is 4.74 Å². The fraction of sp³-hybridized carbons (Fsp3) is 0.333. The van der Waals surface area contributed by atoms with Crippen LogP contribution in [0.5, 0.6) is 0 Å². The van der Waals surface area contributed by atoms with E-state index in [4.69, 9.17) is 16.3 Å². The highest BCUT2D eigenvalue weighted by atomic mass is 35.5. The molecule has 2 aromatic carbocycles. The van der Waals surface area contributed by atoms with E-state index >= 15 is 0 Å². The van der Waals surface area contributed by atoms with E-state index in [1.807, 2.05) is 30.3 Å². The molecule has 1 saturated heterocycles. The first kappa shape index (κ1) is 24.0. The van der Waals surface area contributed by atoms with Gasteiger partial charge >= 0.3 is 6.03 Å². The Balaban J connectivity index is 1.56. The number of amides is 2. The maximum absolute atomic E-state index is 14.1. The second-order valence-electron chi connectivity index (χ2n) is 8.35. The third-order valence-electron chi connectivity index (χ3n) is 6.02. The van der Waals surface area contributed by atoms with Gasteiger partial charge in [-0.15, -0.1) is 0 Å². The van der Waals surface area contributed by atoms with Gasteiger partial charge in [-0.05, 0) is 42.8 Å². The molecule has 3 N–H and O–H groups in total. The number of para-hydroxylation sites is 1. The number of hydrogen-bond donors (Lipinski definition) is 3. The molecule has 0 bridgehead atoms. The van der Waals surface area contributed by atoms with Gasteiger partial charge in [-0.3, -0.25) is 20.1 Å². The van der Waals surface area contributed by atoms with Gasteiger partial charge in [0.25, 0.3) is 5.56 Å². The van der Waals surface area contributed by atoms with Gasteiger partial charge in [-0.2, -0.15) is 0 Å². The largest absolute Gasteiger partial charge is 0.383 e. The lowest BCUT2D eigenvalue weighted by Gasteiger charge is -2.21. The summed E-state index contributed by atoms with van der Waals surface area (Å²) in [6.07, 6.45) is 0. The lowest BCUT2D eigenvalue weighted by molar-refractivity contribution is 0.159. The molecule has 8 nitrogen and oxygen atoms in total. The van der Waals surface area contributed by atoms with E-state index < -0.39 is 11.8 Å². The highest BCUT2D eigenvalue weighted by molar-refractivity contribution is 6.30. The van der Waals surface area contributed by atoms with Crippen LogP contribution in [0.3, 0.4) is 0 Å². The van der Waals surface area contributed by atoms with E-state index in [1.54, 1.807) is 24.8 Å². The Morgan fingerprint density at radius 2 is 2.00 bits per heavy atom. The average molecular weight is 488 g/mol. The van der Waals surface area contributed by atoms with Crippen LogP contribution in [-0.4, -0.2) is 60.1 Å². The minimum Gasteiger partial charge on any atom is -0.383 e. The second-order valence-corrected chi connectivity index (χ2v) is 8.79. The Labute approximate surface area is 201 Å². The molecule has 0 radical (unpaired) electrons. The van der Waals surface area contributed by atoms with Crippen molar-refractivity contribution in [2.75, 3.05) is 38.7 Å². The zero-order valence-corrected chi connectivity index (χ0v) is 19.7. The van der Waals surface area contributed by atoms with Gasteiger partial charge in [-0.25, -0.2) is 13.9 Å². The molecule has 1 aliphatic heterocycles. The molecular formula is C24H27ClFN5O3. The third kappa shape index (κ3) is 5.32. The zero-order valence-electron chi connectivity index (χ0n) is 19.0. The number of nitrogens with one attached hydrogen (secondary N) is 3. The number of ether oxygens (including phenoxy) is 1. The van der Waals surface area contributed by atoms with Crippen LogP contribution >= 0.6 is 11.6 Å². The monoisotopic (exact) mass is 487 g/mol. The molecule has 1 fully saturated rings. The number of carbonyl (C=O) groups excluding carboxylic acids is 1. The molecule has 34 heavy (non-hydrogen) atoms. The first-order valence-electron chi connectivity index (χ1n) is 11.0. The maximum atomic E-state index is 14.1. The Morgan fingerprint density at radius 1 is 1.24 bits per heavy atom. The van der Waals surface area contributed by atoms with Crippen LogP contribution in [0.4, 0.5) is 15.0 Å². The van der Waals surface area contributed by atoms with Crippen molar-refractivity contribution in [1.82, 2.24) is 20.0 Å². The number of nitrogens with zero attached hydrogens (tertiary/aromatic N) is 2. The Hall–Kier alpha value is -3.14. The van der Waals surface area contributed by atoms with Crippen molar-refractivity contribution in [3.8, 4) is 5.69 Å². The van der Waals surface area contributed by atoms with E-state index in [0.717, 1.165) is 0 Å². The van der Waals surface area contributed by atoms with Gasteiger partial charge in [0.2, 0.25) is 0 Å². The predicted octanol–water partition coefficient (Wildman–Crippen LogP) is 3.50. The number of aromatic amines is 1. The number of urea groups is 1. The van der Waals surface area contributed by atoms with Gasteiger partial charge in [0, 0.05) is 37.7 Å². The highest BCUT2D eigenvalue weighted by Gasteiger charge is 2.35. The number of H-pyrrole nitrogens is 1. The van der Waals surface area contributed by atoms with Crippen LogP contribution in [0.15, 0.2) is 53.3 Å². The van der Waals surface area contributed by atoms with Gasteiger partial charge in [0.05, 0.1) is 23.9 Å². The molecule has 0 unspecified atom stereocenters. The number of rotatable bonds is 7. The molecule has 0 saturated carbocycles. The van der Waals surface area contributed by atoms with Crippen molar-refractivity contribution in [3.63, 3.8) is 0 Å². The molecule has 0 spiro atoms. The molecular weight excluding hydrogens is 461 g/mol. The van der Waals surface area contributed by atoms with Crippen molar-refractivity contribution in [2.24, 2.45) is 0 Å². The summed E-state index contributed by atoms with van der Waals surface area (Å²) in [6, 6.07) is 12.9. The molecule has 2 heterocycles. The number of hydrogen-bond acceptors (Lipinski definition) is 4. The first-order chi connectivity index (χ1) is 16.4.